The summed E-state index contributed by atoms with van der Waals surface area (Å²) in [5.41, 5.74) is 1.32. The molecular weight excluding hydrogens is 474 g/mol. The predicted molar refractivity (Wildman–Crippen MR) is 144 cm³/mol. The van der Waals surface area contributed by atoms with E-state index in [0.717, 1.165) is 45.7 Å². The van der Waals surface area contributed by atoms with E-state index in [1.807, 2.05) is 13.8 Å². The molecule has 1 aliphatic heterocycles. The molecule has 2 aromatic rings. The predicted octanol–water partition coefficient (Wildman–Crippen LogP) is 2.44. The standard InChI is InChI=1S/C26H41N7O4/c1-18(2)15-24(34)29-7-5-6-8-30-26-25(28)33(19(3)27)21-17-23(22(35-4)16-20(21)31-26)37-14-11-32-9-12-36-13-10-32/h16-18,27-28H,5-15H2,1-4H3,(H,29,34)(H,30,31). The number of anilines is 1. The Hall–Kier alpha value is -3.18. The molecule has 1 amide bonds. The van der Waals surface area contributed by atoms with Gasteiger partial charge in [0.25, 0.3) is 0 Å². The lowest BCUT2D eigenvalue weighted by molar-refractivity contribution is -0.121. The number of hydrogen-bond donors (Lipinski definition) is 4. The molecule has 0 radical (unpaired) electrons. The van der Waals surface area contributed by atoms with Crippen LogP contribution >= 0.6 is 0 Å². The first-order chi connectivity index (χ1) is 17.8. The van der Waals surface area contributed by atoms with Crippen molar-refractivity contribution in [2.75, 3.05) is 65.0 Å². The first kappa shape index (κ1) is 28.4. The Morgan fingerprint density at radius 3 is 2.59 bits per heavy atom. The number of ether oxygens (including phenoxy) is 3. The third kappa shape index (κ3) is 8.16. The minimum Gasteiger partial charge on any atom is -0.493 e. The van der Waals surface area contributed by atoms with Gasteiger partial charge in [-0.25, -0.2) is 4.98 Å². The monoisotopic (exact) mass is 515 g/mol. The Morgan fingerprint density at radius 2 is 1.92 bits per heavy atom. The summed E-state index contributed by atoms with van der Waals surface area (Å²) < 4.78 is 18.6. The van der Waals surface area contributed by atoms with E-state index >= 15 is 0 Å². The summed E-state index contributed by atoms with van der Waals surface area (Å²) in [5, 5.41) is 23.2. The largest absolute Gasteiger partial charge is 0.493 e. The molecule has 1 fully saturated rings. The molecule has 3 rings (SSSR count). The van der Waals surface area contributed by atoms with Crippen LogP contribution in [0.25, 0.3) is 11.0 Å². The lowest BCUT2D eigenvalue weighted by Crippen LogP contribution is -2.38. The van der Waals surface area contributed by atoms with E-state index in [1.165, 1.54) is 0 Å². The smallest absolute Gasteiger partial charge is 0.220 e. The van der Waals surface area contributed by atoms with Crippen LogP contribution in [-0.4, -0.2) is 85.8 Å². The molecule has 1 aliphatic rings. The Labute approximate surface area is 218 Å². The molecule has 2 heterocycles. The average molecular weight is 516 g/mol. The van der Waals surface area contributed by atoms with Crippen LogP contribution in [0.3, 0.4) is 0 Å². The van der Waals surface area contributed by atoms with Crippen molar-refractivity contribution in [3.8, 4) is 11.5 Å². The number of nitrogens with one attached hydrogen (secondary N) is 4. The Balaban J connectivity index is 1.68. The summed E-state index contributed by atoms with van der Waals surface area (Å²) in [6, 6.07) is 3.58. The molecule has 11 nitrogen and oxygen atoms in total. The number of carbonyl (C=O) groups is 1. The van der Waals surface area contributed by atoms with Crippen LogP contribution in [0.5, 0.6) is 11.5 Å². The summed E-state index contributed by atoms with van der Waals surface area (Å²) >= 11 is 0. The number of morpholine rings is 1. The molecule has 0 bridgehead atoms. The van der Waals surface area contributed by atoms with Crippen molar-refractivity contribution >= 4 is 28.6 Å². The second-order valence-electron chi connectivity index (χ2n) is 9.61. The minimum absolute atomic E-state index is 0.0773. The number of amides is 1. The van der Waals surface area contributed by atoms with E-state index in [2.05, 4.69) is 20.5 Å². The second kappa shape index (κ2) is 13.9. The minimum atomic E-state index is 0.0773. The van der Waals surface area contributed by atoms with Crippen LogP contribution in [0.2, 0.25) is 0 Å². The maximum Gasteiger partial charge on any atom is 0.220 e. The van der Waals surface area contributed by atoms with Crippen LogP contribution in [0.1, 0.15) is 40.0 Å². The molecule has 0 saturated carbocycles. The number of rotatable bonds is 13. The van der Waals surface area contributed by atoms with Crippen LogP contribution < -0.4 is 25.6 Å². The van der Waals surface area contributed by atoms with Crippen LogP contribution in [0, 0.1) is 16.7 Å². The van der Waals surface area contributed by atoms with Gasteiger partial charge in [-0.05, 0) is 25.7 Å². The fraction of sp³-hybridized carbons (Fsp3) is 0.615. The van der Waals surface area contributed by atoms with Gasteiger partial charge in [-0.15, -0.1) is 0 Å². The van der Waals surface area contributed by atoms with E-state index in [1.54, 1.807) is 30.7 Å². The van der Waals surface area contributed by atoms with Crippen molar-refractivity contribution in [3.63, 3.8) is 0 Å². The normalized spacial score (nSPS) is 14.1. The number of hydrogen-bond acceptors (Lipinski definition) is 9. The highest BCUT2D eigenvalue weighted by Crippen LogP contribution is 2.31. The molecule has 11 heteroatoms. The third-order valence-electron chi connectivity index (χ3n) is 6.10. The maximum atomic E-state index is 11.8. The van der Waals surface area contributed by atoms with Gasteiger partial charge in [-0.3, -0.25) is 25.1 Å². The third-order valence-corrected chi connectivity index (χ3v) is 6.10. The molecule has 1 saturated heterocycles. The van der Waals surface area contributed by atoms with Gasteiger partial charge in [0.1, 0.15) is 12.4 Å². The van der Waals surface area contributed by atoms with Crippen molar-refractivity contribution in [2.24, 2.45) is 5.92 Å². The molecule has 0 atom stereocenters. The SMILES string of the molecule is COc1cc2nc(NCCCCNC(=O)CC(C)C)c(=N)n(C(C)=N)c2cc1OCCN1CCOCC1. The average Bonchev–Trinajstić information content (AvgIpc) is 2.86. The fourth-order valence-electron chi connectivity index (χ4n) is 4.19. The molecule has 204 valence electrons. The molecule has 0 unspecified atom stereocenters. The molecule has 1 aromatic carbocycles. The van der Waals surface area contributed by atoms with E-state index in [-0.39, 0.29) is 17.2 Å². The topological polar surface area (TPSA) is 138 Å². The van der Waals surface area contributed by atoms with Gasteiger partial charge < -0.3 is 24.8 Å². The number of benzene rings is 1. The number of unbranched alkanes of at least 4 members (excludes halogenated alkanes) is 1. The Morgan fingerprint density at radius 1 is 1.19 bits per heavy atom. The van der Waals surface area contributed by atoms with Gasteiger partial charge in [-0.1, -0.05) is 13.8 Å². The highest BCUT2D eigenvalue weighted by atomic mass is 16.5. The van der Waals surface area contributed by atoms with Crippen molar-refractivity contribution < 1.29 is 19.0 Å². The van der Waals surface area contributed by atoms with Crippen LogP contribution in [0.15, 0.2) is 12.1 Å². The summed E-state index contributed by atoms with van der Waals surface area (Å²) in [4.78, 5) is 18.7. The highest BCUT2D eigenvalue weighted by Gasteiger charge is 2.16. The Bertz CT molecular complexity index is 1130. The van der Waals surface area contributed by atoms with Crippen molar-refractivity contribution in [1.82, 2.24) is 19.8 Å². The number of fused-ring (bicyclic) bond motifs is 1. The van der Waals surface area contributed by atoms with Gasteiger partial charge in [0.2, 0.25) is 5.91 Å². The first-order valence-electron chi connectivity index (χ1n) is 13.0. The van der Waals surface area contributed by atoms with Crippen LogP contribution in [-0.2, 0) is 9.53 Å². The van der Waals surface area contributed by atoms with E-state index in [4.69, 9.17) is 25.0 Å². The zero-order chi connectivity index (χ0) is 26.8. The quantitative estimate of drug-likeness (QED) is 0.183. The lowest BCUT2D eigenvalue weighted by Gasteiger charge is -2.26. The van der Waals surface area contributed by atoms with Crippen molar-refractivity contribution in [3.05, 3.63) is 17.6 Å². The number of aromatic nitrogens is 2. The Kier molecular flexibility index (Phi) is 10.7. The van der Waals surface area contributed by atoms with Crippen molar-refractivity contribution in [1.29, 1.82) is 10.8 Å². The highest BCUT2D eigenvalue weighted by molar-refractivity contribution is 5.92. The maximum absolute atomic E-state index is 11.8. The summed E-state index contributed by atoms with van der Waals surface area (Å²) in [6.45, 7) is 11.4. The fourth-order valence-corrected chi connectivity index (χ4v) is 4.19. The summed E-state index contributed by atoms with van der Waals surface area (Å²) in [6.07, 6.45) is 2.17. The van der Waals surface area contributed by atoms with Crippen molar-refractivity contribution in [2.45, 2.75) is 40.0 Å². The molecule has 4 N–H and O–H groups in total. The zero-order valence-corrected chi connectivity index (χ0v) is 22.5. The first-order valence-corrected chi connectivity index (χ1v) is 13.0. The van der Waals surface area contributed by atoms with E-state index in [9.17, 15) is 4.79 Å². The van der Waals surface area contributed by atoms with Gasteiger partial charge in [0.15, 0.2) is 22.8 Å². The molecule has 0 spiro atoms. The number of carbonyl (C=O) groups excluding carboxylic acids is 1. The van der Waals surface area contributed by atoms with Gasteiger partial charge in [-0.2, -0.15) is 0 Å². The summed E-state index contributed by atoms with van der Waals surface area (Å²) in [5.74, 6) is 2.13. The second-order valence-corrected chi connectivity index (χ2v) is 9.61. The lowest BCUT2D eigenvalue weighted by atomic mass is 10.1. The van der Waals surface area contributed by atoms with Gasteiger partial charge in [0, 0.05) is 51.3 Å². The number of nitrogens with zero attached hydrogens (tertiary/aromatic N) is 3. The summed E-state index contributed by atoms with van der Waals surface area (Å²) in [7, 11) is 1.59. The molecule has 1 aromatic heterocycles. The molecule has 0 aliphatic carbocycles. The van der Waals surface area contributed by atoms with E-state index < -0.39 is 0 Å². The van der Waals surface area contributed by atoms with Gasteiger partial charge in [0.05, 0.1) is 31.4 Å². The molecule has 37 heavy (non-hydrogen) atoms. The van der Waals surface area contributed by atoms with Crippen LogP contribution in [0.4, 0.5) is 5.82 Å². The van der Waals surface area contributed by atoms with E-state index in [0.29, 0.717) is 60.4 Å². The molecular formula is C26H41N7O4. The number of methoxy groups -OCH3 is 1. The van der Waals surface area contributed by atoms with Gasteiger partial charge >= 0.3 is 0 Å². The zero-order valence-electron chi connectivity index (χ0n) is 22.5.